The third kappa shape index (κ3) is 4.83. The molecule has 0 radical (unpaired) electrons. The molecule has 25 heavy (non-hydrogen) atoms. The van der Waals surface area contributed by atoms with E-state index in [0.29, 0.717) is 19.6 Å². The predicted molar refractivity (Wildman–Crippen MR) is 98.7 cm³/mol. The number of aryl methyl sites for hydroxylation is 1. The Balaban J connectivity index is 1.41. The summed E-state index contributed by atoms with van der Waals surface area (Å²) in [7, 11) is 0. The third-order valence-corrected chi connectivity index (χ3v) is 4.86. The summed E-state index contributed by atoms with van der Waals surface area (Å²) in [6.45, 7) is 5.61. The number of ether oxygens (including phenoxy) is 2. The Morgan fingerprint density at radius 1 is 1.24 bits per heavy atom. The van der Waals surface area contributed by atoms with Crippen molar-refractivity contribution < 1.29 is 14.3 Å². The molecule has 2 aromatic rings. The van der Waals surface area contributed by atoms with Crippen molar-refractivity contribution >= 4 is 16.8 Å². The van der Waals surface area contributed by atoms with Crippen molar-refractivity contribution in [2.24, 2.45) is 0 Å². The highest BCUT2D eigenvalue weighted by atomic mass is 16.5. The molecule has 1 aromatic heterocycles. The van der Waals surface area contributed by atoms with E-state index in [0.717, 1.165) is 44.5 Å². The number of fused-ring (bicyclic) bond motifs is 1. The molecule has 5 heteroatoms. The summed E-state index contributed by atoms with van der Waals surface area (Å²) in [6.07, 6.45) is 5.48. The molecule has 3 rings (SSSR count). The molecule has 0 spiro atoms. The molecule has 5 nitrogen and oxygen atoms in total. The van der Waals surface area contributed by atoms with Gasteiger partial charge < -0.3 is 19.4 Å². The Morgan fingerprint density at radius 2 is 2.04 bits per heavy atom. The van der Waals surface area contributed by atoms with Gasteiger partial charge in [-0.2, -0.15) is 0 Å². The second-order valence-electron chi connectivity index (χ2n) is 6.51. The van der Waals surface area contributed by atoms with E-state index >= 15 is 0 Å². The summed E-state index contributed by atoms with van der Waals surface area (Å²) in [5.74, 6) is 0.248. The molecular formula is C20H28N2O3. The zero-order chi connectivity index (χ0) is 17.5. The lowest BCUT2D eigenvalue weighted by atomic mass is 10.1. The maximum absolute atomic E-state index is 12.5. The number of hydrogen-bond donors (Lipinski definition) is 1. The minimum absolute atomic E-state index is 0.248. The number of para-hydroxylation sites is 1. The van der Waals surface area contributed by atoms with Crippen molar-refractivity contribution in [3.63, 3.8) is 0 Å². The topological polar surface area (TPSA) is 54.6 Å². The van der Waals surface area contributed by atoms with Crippen LogP contribution >= 0.6 is 0 Å². The van der Waals surface area contributed by atoms with Crippen LogP contribution in [0.4, 0.5) is 0 Å². The zero-order valence-corrected chi connectivity index (χ0v) is 15.0. The standard InChI is InChI=1S/C20H28N2O3/c1-2-24-13-14-25-17-9-11-22(12-10-17)20(23)8-7-16-15-21-19-6-4-3-5-18(16)19/h3-6,15,17,21H,2,7-14H2,1H3. The van der Waals surface area contributed by atoms with Gasteiger partial charge in [0.25, 0.3) is 0 Å². The lowest BCUT2D eigenvalue weighted by molar-refractivity contribution is -0.134. The number of nitrogens with zero attached hydrogens (tertiary/aromatic N) is 1. The minimum atomic E-state index is 0.248. The van der Waals surface area contributed by atoms with Crippen molar-refractivity contribution in [3.05, 3.63) is 36.0 Å². The van der Waals surface area contributed by atoms with Crippen LogP contribution < -0.4 is 0 Å². The lowest BCUT2D eigenvalue weighted by Gasteiger charge is -2.32. The average molecular weight is 344 g/mol. The highest BCUT2D eigenvalue weighted by Gasteiger charge is 2.23. The number of benzene rings is 1. The van der Waals surface area contributed by atoms with Gasteiger partial charge in [-0.05, 0) is 37.8 Å². The van der Waals surface area contributed by atoms with E-state index < -0.39 is 0 Å². The average Bonchev–Trinajstić information content (AvgIpc) is 3.07. The first kappa shape index (κ1) is 18.0. The van der Waals surface area contributed by atoms with E-state index in [2.05, 4.69) is 17.1 Å². The van der Waals surface area contributed by atoms with Crippen LogP contribution in [0.15, 0.2) is 30.5 Å². The predicted octanol–water partition coefficient (Wildman–Crippen LogP) is 3.14. The van der Waals surface area contributed by atoms with Crippen LogP contribution in [0, 0.1) is 0 Å². The number of hydrogen-bond acceptors (Lipinski definition) is 3. The SMILES string of the molecule is CCOCCOC1CCN(C(=O)CCc2c[nH]c3ccccc23)CC1. The second kappa shape index (κ2) is 9.02. The summed E-state index contributed by atoms with van der Waals surface area (Å²) in [5, 5.41) is 1.22. The number of nitrogens with one attached hydrogen (secondary N) is 1. The fourth-order valence-electron chi connectivity index (χ4n) is 3.43. The molecule has 1 amide bonds. The smallest absolute Gasteiger partial charge is 0.222 e. The van der Waals surface area contributed by atoms with E-state index in [1.165, 1.54) is 10.9 Å². The van der Waals surface area contributed by atoms with Crippen LogP contribution in [0.5, 0.6) is 0 Å². The molecule has 2 heterocycles. The number of rotatable bonds is 8. The molecule has 1 aliphatic heterocycles. The number of piperidine rings is 1. The van der Waals surface area contributed by atoms with Crippen LogP contribution in [-0.2, 0) is 20.7 Å². The maximum Gasteiger partial charge on any atom is 0.222 e. The third-order valence-electron chi connectivity index (χ3n) is 4.86. The van der Waals surface area contributed by atoms with Gasteiger partial charge in [-0.3, -0.25) is 4.79 Å². The molecule has 136 valence electrons. The normalized spacial score (nSPS) is 15.8. The van der Waals surface area contributed by atoms with Gasteiger partial charge in [0.15, 0.2) is 0 Å². The van der Waals surface area contributed by atoms with E-state index in [4.69, 9.17) is 9.47 Å². The van der Waals surface area contributed by atoms with Gasteiger partial charge in [-0.1, -0.05) is 18.2 Å². The highest BCUT2D eigenvalue weighted by Crippen LogP contribution is 2.20. The number of carbonyl (C=O) groups is 1. The van der Waals surface area contributed by atoms with Gasteiger partial charge in [0.1, 0.15) is 0 Å². The summed E-state index contributed by atoms with van der Waals surface area (Å²) < 4.78 is 11.1. The molecule has 1 saturated heterocycles. The largest absolute Gasteiger partial charge is 0.379 e. The van der Waals surface area contributed by atoms with Gasteiger partial charge in [-0.25, -0.2) is 0 Å². The minimum Gasteiger partial charge on any atom is -0.379 e. The summed E-state index contributed by atoms with van der Waals surface area (Å²) >= 11 is 0. The number of H-pyrrole nitrogens is 1. The van der Waals surface area contributed by atoms with Gasteiger partial charge >= 0.3 is 0 Å². The molecule has 1 aromatic carbocycles. The number of aromatic nitrogens is 1. The second-order valence-corrected chi connectivity index (χ2v) is 6.51. The monoisotopic (exact) mass is 344 g/mol. The van der Waals surface area contributed by atoms with Crippen molar-refractivity contribution in [1.82, 2.24) is 9.88 Å². The Morgan fingerprint density at radius 3 is 2.84 bits per heavy atom. The van der Waals surface area contributed by atoms with E-state index in [1.807, 2.05) is 30.2 Å². The number of likely N-dealkylation sites (tertiary alicyclic amines) is 1. The molecule has 1 fully saturated rings. The Kier molecular flexibility index (Phi) is 6.48. The fraction of sp³-hybridized carbons (Fsp3) is 0.550. The van der Waals surface area contributed by atoms with Crippen LogP contribution in [0.2, 0.25) is 0 Å². The maximum atomic E-state index is 12.5. The number of carbonyl (C=O) groups excluding carboxylic acids is 1. The number of amides is 1. The van der Waals surface area contributed by atoms with Gasteiger partial charge in [0.05, 0.1) is 19.3 Å². The molecule has 1 aliphatic rings. The first-order valence-electron chi connectivity index (χ1n) is 9.30. The van der Waals surface area contributed by atoms with Crippen LogP contribution in [-0.4, -0.2) is 54.8 Å². The molecule has 0 saturated carbocycles. The van der Waals surface area contributed by atoms with Gasteiger partial charge in [0, 0.05) is 43.2 Å². The molecular weight excluding hydrogens is 316 g/mol. The zero-order valence-electron chi connectivity index (χ0n) is 15.0. The van der Waals surface area contributed by atoms with Crippen molar-refractivity contribution in [3.8, 4) is 0 Å². The first-order chi connectivity index (χ1) is 12.3. The lowest BCUT2D eigenvalue weighted by Crippen LogP contribution is -2.41. The van der Waals surface area contributed by atoms with E-state index in [9.17, 15) is 4.79 Å². The van der Waals surface area contributed by atoms with Crippen molar-refractivity contribution in [2.45, 2.75) is 38.7 Å². The molecule has 0 atom stereocenters. The fourth-order valence-corrected chi connectivity index (χ4v) is 3.43. The quantitative estimate of drug-likeness (QED) is 0.749. The van der Waals surface area contributed by atoms with E-state index in [-0.39, 0.29) is 12.0 Å². The first-order valence-corrected chi connectivity index (χ1v) is 9.30. The Hall–Kier alpha value is -1.85. The van der Waals surface area contributed by atoms with E-state index in [1.54, 1.807) is 0 Å². The van der Waals surface area contributed by atoms with Gasteiger partial charge in [-0.15, -0.1) is 0 Å². The number of aromatic amines is 1. The molecule has 1 N–H and O–H groups in total. The van der Waals surface area contributed by atoms with Gasteiger partial charge in [0.2, 0.25) is 5.91 Å². The summed E-state index contributed by atoms with van der Waals surface area (Å²) in [6, 6.07) is 8.24. The molecule has 0 bridgehead atoms. The van der Waals surface area contributed by atoms with Crippen LogP contribution in [0.25, 0.3) is 10.9 Å². The van der Waals surface area contributed by atoms with Crippen molar-refractivity contribution in [2.75, 3.05) is 32.9 Å². The van der Waals surface area contributed by atoms with Crippen LogP contribution in [0.1, 0.15) is 31.7 Å². The summed E-state index contributed by atoms with van der Waals surface area (Å²) in [4.78, 5) is 17.7. The van der Waals surface area contributed by atoms with Crippen LogP contribution in [0.3, 0.4) is 0 Å². The highest BCUT2D eigenvalue weighted by molar-refractivity contribution is 5.84. The molecule has 0 aliphatic carbocycles. The Bertz CT molecular complexity index is 674. The molecule has 0 unspecified atom stereocenters. The summed E-state index contributed by atoms with van der Waals surface area (Å²) in [5.41, 5.74) is 2.35. The Labute approximate surface area is 149 Å². The van der Waals surface area contributed by atoms with Crippen molar-refractivity contribution in [1.29, 1.82) is 0 Å².